The number of hydrogen-bond acceptors (Lipinski definition) is 5. The molecule has 0 atom stereocenters. The first-order valence-electron chi connectivity index (χ1n) is 9.14. The molecule has 0 spiro atoms. The number of rotatable bonds is 4. The number of nitrogens with zero attached hydrogens (tertiary/aromatic N) is 2. The summed E-state index contributed by atoms with van der Waals surface area (Å²) in [6, 6.07) is 12.3. The number of aromatic nitrogens is 2. The van der Waals surface area contributed by atoms with Crippen molar-refractivity contribution in [3.8, 4) is 11.3 Å². The first kappa shape index (κ1) is 18.9. The molecule has 3 N–H and O–H groups in total. The molecule has 146 valence electrons. The zero-order valence-electron chi connectivity index (χ0n) is 15.6. The molecular formula is C21H18ClN5O2. The average molecular weight is 408 g/mol. The van der Waals surface area contributed by atoms with Gasteiger partial charge in [0.1, 0.15) is 0 Å². The van der Waals surface area contributed by atoms with Gasteiger partial charge in [-0.15, -0.1) is 0 Å². The molecule has 29 heavy (non-hydrogen) atoms. The van der Waals surface area contributed by atoms with Crippen molar-refractivity contribution in [1.29, 1.82) is 0 Å². The molecule has 0 radical (unpaired) electrons. The van der Waals surface area contributed by atoms with E-state index in [9.17, 15) is 9.59 Å². The second-order valence-corrected chi connectivity index (χ2v) is 6.98. The summed E-state index contributed by atoms with van der Waals surface area (Å²) >= 11 is 6.07. The monoisotopic (exact) mass is 407 g/mol. The van der Waals surface area contributed by atoms with Gasteiger partial charge < -0.3 is 16.0 Å². The van der Waals surface area contributed by atoms with Crippen LogP contribution in [0.5, 0.6) is 0 Å². The molecule has 8 heteroatoms. The second kappa shape index (κ2) is 7.89. The van der Waals surface area contributed by atoms with Crippen molar-refractivity contribution < 1.29 is 9.59 Å². The SMILES string of the molecule is CCNC(=O)c1ccc(Nc2ncc3c(n2)-c2ccc(Cl)cc2NC(=O)C3)cc1. The van der Waals surface area contributed by atoms with Gasteiger partial charge in [-0.05, 0) is 49.4 Å². The van der Waals surface area contributed by atoms with Crippen LogP contribution in [0.3, 0.4) is 0 Å². The Balaban J connectivity index is 1.64. The minimum absolute atomic E-state index is 0.118. The molecule has 0 saturated heterocycles. The summed E-state index contributed by atoms with van der Waals surface area (Å²) in [5.74, 6) is 0.134. The third kappa shape index (κ3) is 4.05. The Hall–Kier alpha value is -3.45. The Morgan fingerprint density at radius 1 is 1.21 bits per heavy atom. The molecule has 2 aromatic carbocycles. The molecule has 0 bridgehead atoms. The molecule has 1 aliphatic rings. The number of nitrogens with one attached hydrogen (secondary N) is 3. The van der Waals surface area contributed by atoms with E-state index in [1.54, 1.807) is 42.6 Å². The maximum absolute atomic E-state index is 12.2. The number of benzene rings is 2. The number of fused-ring (bicyclic) bond motifs is 3. The number of anilines is 3. The molecular weight excluding hydrogens is 390 g/mol. The summed E-state index contributed by atoms with van der Waals surface area (Å²) < 4.78 is 0. The van der Waals surface area contributed by atoms with Crippen molar-refractivity contribution >= 4 is 40.7 Å². The van der Waals surface area contributed by atoms with Gasteiger partial charge in [0.2, 0.25) is 11.9 Å². The van der Waals surface area contributed by atoms with Crippen molar-refractivity contribution in [2.24, 2.45) is 0 Å². The van der Waals surface area contributed by atoms with Gasteiger partial charge in [-0.2, -0.15) is 0 Å². The van der Waals surface area contributed by atoms with Crippen LogP contribution in [0.1, 0.15) is 22.8 Å². The number of amides is 2. The quantitative estimate of drug-likeness (QED) is 0.611. The smallest absolute Gasteiger partial charge is 0.251 e. The molecule has 2 heterocycles. The highest BCUT2D eigenvalue weighted by Gasteiger charge is 2.21. The maximum Gasteiger partial charge on any atom is 0.251 e. The van der Waals surface area contributed by atoms with Gasteiger partial charge >= 0.3 is 0 Å². The number of hydrogen-bond donors (Lipinski definition) is 3. The van der Waals surface area contributed by atoms with Gasteiger partial charge in [-0.3, -0.25) is 9.59 Å². The van der Waals surface area contributed by atoms with Crippen LogP contribution >= 0.6 is 11.6 Å². The van der Waals surface area contributed by atoms with E-state index in [4.69, 9.17) is 11.6 Å². The predicted molar refractivity (Wildman–Crippen MR) is 113 cm³/mol. The van der Waals surface area contributed by atoms with Crippen molar-refractivity contribution in [2.45, 2.75) is 13.3 Å². The van der Waals surface area contributed by atoms with Crippen LogP contribution in [0, 0.1) is 0 Å². The summed E-state index contributed by atoms with van der Waals surface area (Å²) in [6.07, 6.45) is 1.83. The summed E-state index contributed by atoms with van der Waals surface area (Å²) in [5.41, 5.74) is 4.14. The molecule has 0 unspecified atom stereocenters. The summed E-state index contributed by atoms with van der Waals surface area (Å²) in [4.78, 5) is 33.0. The van der Waals surface area contributed by atoms with Crippen LogP contribution in [0.4, 0.5) is 17.3 Å². The van der Waals surface area contributed by atoms with E-state index in [-0.39, 0.29) is 18.2 Å². The van der Waals surface area contributed by atoms with E-state index in [2.05, 4.69) is 25.9 Å². The standard InChI is InChI=1S/C21H18ClN5O2/c1-2-23-20(29)12-3-6-15(7-4-12)25-21-24-11-13-9-18(28)26-17-10-14(22)5-8-16(17)19(13)27-21/h3-8,10-11H,2,9H2,1H3,(H,23,29)(H,26,28)(H,24,25,27). The van der Waals surface area contributed by atoms with Gasteiger partial charge in [0.05, 0.1) is 17.8 Å². The average Bonchev–Trinajstić information content (AvgIpc) is 2.83. The lowest BCUT2D eigenvalue weighted by Crippen LogP contribution is -2.22. The van der Waals surface area contributed by atoms with Crippen LogP contribution in [-0.2, 0) is 11.2 Å². The van der Waals surface area contributed by atoms with E-state index < -0.39 is 0 Å². The Morgan fingerprint density at radius 2 is 2.00 bits per heavy atom. The van der Waals surface area contributed by atoms with Gasteiger partial charge in [0.25, 0.3) is 5.91 Å². The largest absolute Gasteiger partial charge is 0.352 e. The first-order chi connectivity index (χ1) is 14.0. The Morgan fingerprint density at radius 3 is 2.76 bits per heavy atom. The minimum Gasteiger partial charge on any atom is -0.352 e. The lowest BCUT2D eigenvalue weighted by Gasteiger charge is -2.11. The highest BCUT2D eigenvalue weighted by molar-refractivity contribution is 6.31. The van der Waals surface area contributed by atoms with Gasteiger partial charge in [-0.25, -0.2) is 9.97 Å². The van der Waals surface area contributed by atoms with E-state index in [0.717, 1.165) is 16.8 Å². The summed E-state index contributed by atoms with van der Waals surface area (Å²) in [5, 5.41) is 9.29. The van der Waals surface area contributed by atoms with E-state index in [1.807, 2.05) is 13.0 Å². The maximum atomic E-state index is 12.2. The van der Waals surface area contributed by atoms with E-state index in [1.165, 1.54) is 0 Å². The Kier molecular flexibility index (Phi) is 5.14. The Labute approximate surface area is 172 Å². The second-order valence-electron chi connectivity index (χ2n) is 6.54. The van der Waals surface area contributed by atoms with Crippen molar-refractivity contribution in [2.75, 3.05) is 17.2 Å². The predicted octanol–water partition coefficient (Wildman–Crippen LogP) is 3.78. The molecule has 7 nitrogen and oxygen atoms in total. The molecule has 1 aromatic heterocycles. The van der Waals surface area contributed by atoms with Crippen molar-refractivity contribution in [3.63, 3.8) is 0 Å². The highest BCUT2D eigenvalue weighted by Crippen LogP contribution is 2.34. The third-order valence-corrected chi connectivity index (χ3v) is 4.70. The highest BCUT2D eigenvalue weighted by atomic mass is 35.5. The van der Waals surface area contributed by atoms with Crippen LogP contribution in [-0.4, -0.2) is 28.3 Å². The topological polar surface area (TPSA) is 96.0 Å². The van der Waals surface area contributed by atoms with Crippen LogP contribution in [0.15, 0.2) is 48.7 Å². The normalized spacial score (nSPS) is 12.3. The lowest BCUT2D eigenvalue weighted by molar-refractivity contribution is -0.115. The number of carbonyl (C=O) groups is 2. The summed E-state index contributed by atoms with van der Waals surface area (Å²) in [6.45, 7) is 2.45. The lowest BCUT2D eigenvalue weighted by atomic mass is 10.1. The third-order valence-electron chi connectivity index (χ3n) is 4.47. The van der Waals surface area contributed by atoms with Crippen LogP contribution in [0.25, 0.3) is 11.3 Å². The summed E-state index contributed by atoms with van der Waals surface area (Å²) in [7, 11) is 0. The Bertz CT molecular complexity index is 1100. The molecule has 0 fully saturated rings. The van der Waals surface area contributed by atoms with Crippen LogP contribution < -0.4 is 16.0 Å². The minimum atomic E-state index is -0.141. The number of halogens is 1. The molecule has 1 aliphatic heterocycles. The van der Waals surface area contributed by atoms with E-state index in [0.29, 0.717) is 34.5 Å². The number of carbonyl (C=O) groups excluding carboxylic acids is 2. The van der Waals surface area contributed by atoms with Crippen molar-refractivity contribution in [1.82, 2.24) is 15.3 Å². The van der Waals surface area contributed by atoms with Crippen molar-refractivity contribution in [3.05, 3.63) is 64.8 Å². The molecule has 0 aliphatic carbocycles. The molecule has 2 amide bonds. The van der Waals surface area contributed by atoms with Gasteiger partial charge in [-0.1, -0.05) is 11.6 Å². The zero-order valence-corrected chi connectivity index (χ0v) is 16.4. The van der Waals surface area contributed by atoms with Crippen LogP contribution in [0.2, 0.25) is 5.02 Å². The first-order valence-corrected chi connectivity index (χ1v) is 9.52. The van der Waals surface area contributed by atoms with Gasteiger partial charge in [0.15, 0.2) is 0 Å². The fourth-order valence-corrected chi connectivity index (χ4v) is 3.29. The molecule has 0 saturated carbocycles. The fourth-order valence-electron chi connectivity index (χ4n) is 3.12. The molecule has 4 rings (SSSR count). The van der Waals surface area contributed by atoms with Gasteiger partial charge in [0, 0.05) is 40.1 Å². The zero-order chi connectivity index (χ0) is 20.4. The molecule has 3 aromatic rings. The fraction of sp³-hybridized carbons (Fsp3) is 0.143. The van der Waals surface area contributed by atoms with E-state index >= 15 is 0 Å².